The zero-order chi connectivity index (χ0) is 34.4. The van der Waals surface area contributed by atoms with Gasteiger partial charge >= 0.3 is 0 Å². The van der Waals surface area contributed by atoms with Crippen LogP contribution < -0.4 is 0 Å². The average molecular weight is 660 g/mol. The number of nitrogens with zero attached hydrogens (tertiary/aromatic N) is 1. The van der Waals surface area contributed by atoms with Gasteiger partial charge in [0, 0.05) is 11.8 Å². The van der Waals surface area contributed by atoms with Crippen LogP contribution in [0.2, 0.25) is 0 Å². The summed E-state index contributed by atoms with van der Waals surface area (Å²) in [5.41, 5.74) is 11.9. The Morgan fingerprint density at radius 2 is 0.692 bits per heavy atom. The van der Waals surface area contributed by atoms with E-state index in [4.69, 9.17) is 4.98 Å². The number of hydrogen-bond acceptors (Lipinski definition) is 1. The molecule has 0 radical (unpaired) electrons. The molecule has 10 aromatic rings. The van der Waals surface area contributed by atoms with Crippen molar-refractivity contribution in [3.63, 3.8) is 0 Å². The van der Waals surface area contributed by atoms with E-state index in [0.717, 1.165) is 11.3 Å². The molecule has 0 amide bonds. The molecule has 1 nitrogen and oxygen atoms in total. The SMILES string of the molecule is c1ccc2c(-c3ccnc(-c4ccc(-c5ccc(-c6c7ccccc7c(-c7cccc8ccccc78)c7ccccc67)cc5)cc4)c3)cccc2c1. The summed E-state index contributed by atoms with van der Waals surface area (Å²) in [6.07, 6.45) is 1.92. The minimum Gasteiger partial charge on any atom is -0.256 e. The zero-order valence-electron chi connectivity index (χ0n) is 28.5. The smallest absolute Gasteiger partial charge is 0.0708 e. The molecule has 0 saturated carbocycles. The van der Waals surface area contributed by atoms with E-state index in [2.05, 4.69) is 194 Å². The molecule has 0 fully saturated rings. The monoisotopic (exact) mass is 659 g/mol. The predicted molar refractivity (Wildman–Crippen MR) is 221 cm³/mol. The third-order valence-electron chi connectivity index (χ3n) is 10.5. The lowest BCUT2D eigenvalue weighted by atomic mass is 9.84. The lowest BCUT2D eigenvalue weighted by Crippen LogP contribution is -1.91. The van der Waals surface area contributed by atoms with Gasteiger partial charge in [0.2, 0.25) is 0 Å². The van der Waals surface area contributed by atoms with Crippen LogP contribution in [-0.4, -0.2) is 4.98 Å². The number of pyridine rings is 1. The highest BCUT2D eigenvalue weighted by molar-refractivity contribution is 6.23. The second kappa shape index (κ2) is 12.5. The van der Waals surface area contributed by atoms with Gasteiger partial charge in [-0.2, -0.15) is 0 Å². The Morgan fingerprint density at radius 1 is 0.269 bits per heavy atom. The topological polar surface area (TPSA) is 12.9 Å². The van der Waals surface area contributed by atoms with Crippen LogP contribution >= 0.6 is 0 Å². The van der Waals surface area contributed by atoms with E-state index in [1.54, 1.807) is 0 Å². The first-order valence-electron chi connectivity index (χ1n) is 17.9. The van der Waals surface area contributed by atoms with Gasteiger partial charge < -0.3 is 0 Å². The molecule has 0 aliphatic heterocycles. The van der Waals surface area contributed by atoms with E-state index >= 15 is 0 Å². The minimum atomic E-state index is 0.970. The number of aromatic nitrogens is 1. The summed E-state index contributed by atoms with van der Waals surface area (Å²) >= 11 is 0. The largest absolute Gasteiger partial charge is 0.256 e. The molecule has 52 heavy (non-hydrogen) atoms. The zero-order valence-corrected chi connectivity index (χ0v) is 28.5. The van der Waals surface area contributed by atoms with Crippen LogP contribution in [0.4, 0.5) is 0 Å². The molecule has 1 heterocycles. The fraction of sp³-hybridized carbons (Fsp3) is 0. The second-order valence-corrected chi connectivity index (χ2v) is 13.5. The van der Waals surface area contributed by atoms with E-state index in [9.17, 15) is 0 Å². The van der Waals surface area contributed by atoms with Crippen molar-refractivity contribution in [2.45, 2.75) is 0 Å². The van der Waals surface area contributed by atoms with Crippen LogP contribution in [0.3, 0.4) is 0 Å². The van der Waals surface area contributed by atoms with E-state index in [0.29, 0.717) is 0 Å². The maximum atomic E-state index is 4.75. The Kier molecular flexibility index (Phi) is 7.22. The van der Waals surface area contributed by atoms with E-state index in [1.807, 2.05) is 6.20 Å². The fourth-order valence-corrected chi connectivity index (χ4v) is 8.07. The Labute approximate surface area is 303 Å². The van der Waals surface area contributed by atoms with Crippen molar-refractivity contribution in [2.24, 2.45) is 0 Å². The maximum absolute atomic E-state index is 4.75. The van der Waals surface area contributed by atoms with Crippen LogP contribution in [0, 0.1) is 0 Å². The third-order valence-corrected chi connectivity index (χ3v) is 10.5. The molecule has 10 rings (SSSR count). The van der Waals surface area contributed by atoms with E-state index in [1.165, 1.54) is 87.6 Å². The number of rotatable bonds is 5. The van der Waals surface area contributed by atoms with Gasteiger partial charge in [0.25, 0.3) is 0 Å². The minimum absolute atomic E-state index is 0.970. The molecule has 1 aromatic heterocycles. The van der Waals surface area contributed by atoms with Gasteiger partial charge in [-0.3, -0.25) is 4.98 Å². The van der Waals surface area contributed by atoms with Crippen molar-refractivity contribution in [3.05, 3.63) is 200 Å². The Hall–Kier alpha value is -6.83. The summed E-state index contributed by atoms with van der Waals surface area (Å²) in [5, 5.41) is 10.1. The van der Waals surface area contributed by atoms with Crippen molar-refractivity contribution in [1.29, 1.82) is 0 Å². The summed E-state index contributed by atoms with van der Waals surface area (Å²) in [6.45, 7) is 0. The highest BCUT2D eigenvalue weighted by Gasteiger charge is 2.18. The van der Waals surface area contributed by atoms with Crippen LogP contribution in [0.1, 0.15) is 0 Å². The van der Waals surface area contributed by atoms with Crippen molar-refractivity contribution in [1.82, 2.24) is 4.98 Å². The van der Waals surface area contributed by atoms with Gasteiger partial charge in [0.15, 0.2) is 0 Å². The van der Waals surface area contributed by atoms with Crippen LogP contribution in [0.15, 0.2) is 200 Å². The number of fused-ring (bicyclic) bond motifs is 4. The van der Waals surface area contributed by atoms with Gasteiger partial charge in [-0.05, 0) is 99.7 Å². The summed E-state index contributed by atoms with van der Waals surface area (Å²) in [6, 6.07) is 70.3. The van der Waals surface area contributed by atoms with Gasteiger partial charge in [-0.1, -0.05) is 182 Å². The molecule has 0 saturated heterocycles. The molecule has 0 aliphatic rings. The second-order valence-electron chi connectivity index (χ2n) is 13.5. The Bertz CT molecular complexity index is 2870. The van der Waals surface area contributed by atoms with Crippen molar-refractivity contribution >= 4 is 43.1 Å². The maximum Gasteiger partial charge on any atom is 0.0708 e. The van der Waals surface area contributed by atoms with Crippen LogP contribution in [0.5, 0.6) is 0 Å². The van der Waals surface area contributed by atoms with Crippen LogP contribution in [0.25, 0.3) is 98.9 Å². The van der Waals surface area contributed by atoms with E-state index in [-0.39, 0.29) is 0 Å². The molecular formula is C51H33N. The first-order valence-corrected chi connectivity index (χ1v) is 17.9. The predicted octanol–water partition coefficient (Wildman–Crippen LogP) is 14.0. The highest BCUT2D eigenvalue weighted by Crippen LogP contribution is 2.45. The van der Waals surface area contributed by atoms with Crippen molar-refractivity contribution in [3.8, 4) is 55.8 Å². The molecule has 9 aromatic carbocycles. The van der Waals surface area contributed by atoms with Crippen molar-refractivity contribution < 1.29 is 0 Å². The fourth-order valence-electron chi connectivity index (χ4n) is 8.07. The Balaban J connectivity index is 1.02. The van der Waals surface area contributed by atoms with E-state index < -0.39 is 0 Å². The first-order chi connectivity index (χ1) is 25.8. The lowest BCUT2D eigenvalue weighted by Gasteiger charge is -2.19. The molecule has 0 unspecified atom stereocenters. The first kappa shape index (κ1) is 30.0. The number of hydrogen-bond donors (Lipinski definition) is 0. The molecule has 0 aliphatic carbocycles. The molecule has 0 N–H and O–H groups in total. The van der Waals surface area contributed by atoms with Crippen molar-refractivity contribution in [2.75, 3.05) is 0 Å². The van der Waals surface area contributed by atoms with Gasteiger partial charge in [0.05, 0.1) is 5.69 Å². The average Bonchev–Trinajstić information content (AvgIpc) is 3.22. The van der Waals surface area contributed by atoms with Gasteiger partial charge in [0.1, 0.15) is 0 Å². The molecule has 0 spiro atoms. The number of benzene rings is 9. The molecule has 0 bridgehead atoms. The molecular weight excluding hydrogens is 627 g/mol. The Morgan fingerprint density at radius 3 is 1.27 bits per heavy atom. The van der Waals surface area contributed by atoms with Crippen LogP contribution in [-0.2, 0) is 0 Å². The lowest BCUT2D eigenvalue weighted by molar-refractivity contribution is 1.33. The summed E-state index contributed by atoms with van der Waals surface area (Å²) < 4.78 is 0. The molecule has 0 atom stereocenters. The summed E-state index contributed by atoms with van der Waals surface area (Å²) in [4.78, 5) is 4.75. The van der Waals surface area contributed by atoms with Gasteiger partial charge in [-0.15, -0.1) is 0 Å². The quantitative estimate of drug-likeness (QED) is 0.168. The molecule has 1 heteroatoms. The normalized spacial score (nSPS) is 11.5. The summed E-state index contributed by atoms with van der Waals surface area (Å²) in [5.74, 6) is 0. The summed E-state index contributed by atoms with van der Waals surface area (Å²) in [7, 11) is 0. The van der Waals surface area contributed by atoms with Gasteiger partial charge in [-0.25, -0.2) is 0 Å². The standard InChI is InChI=1S/C51H33N/c1-3-15-41-36(11-1)13-9-21-43(41)40-31-32-52-49(33-40)38-27-23-34(24-28-38)35-25-29-39(30-26-35)50-45-17-5-7-19-47(45)51(48-20-8-6-18-46(48)50)44-22-10-14-37-12-2-4-16-42(37)44/h1-33H. The third kappa shape index (κ3) is 5.06. The molecule has 242 valence electrons. The highest BCUT2D eigenvalue weighted by atomic mass is 14.7.